The van der Waals surface area contributed by atoms with Crippen molar-refractivity contribution in [3.05, 3.63) is 57.5 Å². The first-order valence-corrected chi connectivity index (χ1v) is 9.80. The third-order valence-corrected chi connectivity index (χ3v) is 5.70. The molecule has 7 nitrogen and oxygen atoms in total. The molecule has 1 aromatic carbocycles. The number of nitrogens with one attached hydrogen (secondary N) is 1. The minimum absolute atomic E-state index is 0.0104. The average molecular weight is 383 g/mol. The van der Waals surface area contributed by atoms with Crippen LogP contribution in [0.15, 0.2) is 35.1 Å². The molecule has 140 valence electrons. The van der Waals surface area contributed by atoms with Crippen molar-refractivity contribution in [2.45, 2.75) is 39.3 Å². The van der Waals surface area contributed by atoms with Crippen LogP contribution in [-0.2, 0) is 11.3 Å². The van der Waals surface area contributed by atoms with E-state index in [1.54, 1.807) is 6.92 Å². The summed E-state index contributed by atoms with van der Waals surface area (Å²) in [6.07, 6.45) is 1.69. The Labute approximate surface area is 160 Å². The van der Waals surface area contributed by atoms with Gasteiger partial charge in [-0.05, 0) is 32.3 Å². The molecular weight excluding hydrogens is 362 g/mol. The lowest BCUT2D eigenvalue weighted by molar-refractivity contribution is -0.122. The maximum Gasteiger partial charge on any atom is 0.275 e. The van der Waals surface area contributed by atoms with Crippen LogP contribution in [0, 0.1) is 13.8 Å². The predicted octanol–water partition coefficient (Wildman–Crippen LogP) is 2.05. The van der Waals surface area contributed by atoms with Gasteiger partial charge in [0, 0.05) is 24.8 Å². The first-order valence-electron chi connectivity index (χ1n) is 8.99. The lowest BCUT2D eigenvalue weighted by Crippen LogP contribution is -2.43. The highest BCUT2D eigenvalue weighted by molar-refractivity contribution is 7.20. The number of carbonyl (C=O) groups is 1. The summed E-state index contributed by atoms with van der Waals surface area (Å²) in [5.41, 5.74) is 2.75. The number of anilines is 1. The predicted molar refractivity (Wildman–Crippen MR) is 105 cm³/mol. The van der Waals surface area contributed by atoms with Gasteiger partial charge in [0.15, 0.2) is 0 Å². The molecule has 0 aliphatic carbocycles. The molecule has 1 fully saturated rings. The van der Waals surface area contributed by atoms with Crippen molar-refractivity contribution in [3.8, 4) is 0 Å². The Morgan fingerprint density at radius 2 is 2.07 bits per heavy atom. The fourth-order valence-electron chi connectivity index (χ4n) is 3.31. The summed E-state index contributed by atoms with van der Waals surface area (Å²) < 4.78 is 1.31. The zero-order valence-corrected chi connectivity index (χ0v) is 16.1. The number of hydrogen-bond donors (Lipinski definition) is 1. The molecule has 1 N–H and O–H groups in total. The maximum atomic E-state index is 12.7. The summed E-state index contributed by atoms with van der Waals surface area (Å²) in [5, 5.41) is 8.09. The average Bonchev–Trinajstić information content (AvgIpc) is 3.27. The third kappa shape index (κ3) is 3.57. The van der Waals surface area contributed by atoms with Crippen LogP contribution in [-0.4, -0.2) is 33.1 Å². The molecule has 0 bridgehead atoms. The Morgan fingerprint density at radius 1 is 1.30 bits per heavy atom. The number of nitrogens with zero attached hydrogens (tertiary/aromatic N) is 4. The Morgan fingerprint density at radius 3 is 2.85 bits per heavy atom. The van der Waals surface area contributed by atoms with E-state index in [0.29, 0.717) is 22.3 Å². The summed E-state index contributed by atoms with van der Waals surface area (Å²) in [4.78, 5) is 31.8. The van der Waals surface area contributed by atoms with Crippen LogP contribution in [0.4, 0.5) is 5.13 Å². The van der Waals surface area contributed by atoms with Crippen molar-refractivity contribution in [2.24, 2.45) is 0 Å². The van der Waals surface area contributed by atoms with Crippen molar-refractivity contribution < 1.29 is 4.79 Å². The van der Waals surface area contributed by atoms with Crippen LogP contribution in [0.1, 0.15) is 29.7 Å². The van der Waals surface area contributed by atoms with Gasteiger partial charge in [-0.15, -0.1) is 5.10 Å². The van der Waals surface area contributed by atoms with Crippen molar-refractivity contribution >= 4 is 27.3 Å². The molecule has 3 heterocycles. The van der Waals surface area contributed by atoms with Crippen molar-refractivity contribution in [3.63, 3.8) is 0 Å². The number of benzene rings is 1. The Kier molecular flexibility index (Phi) is 4.65. The Balaban J connectivity index is 1.51. The third-order valence-electron chi connectivity index (χ3n) is 4.75. The van der Waals surface area contributed by atoms with Gasteiger partial charge in [0.25, 0.3) is 5.56 Å². The molecular formula is C19H21N5O2S. The first kappa shape index (κ1) is 17.7. The zero-order valence-electron chi connectivity index (χ0n) is 15.3. The fraction of sp³-hybridized carbons (Fsp3) is 0.368. The van der Waals surface area contributed by atoms with Crippen molar-refractivity contribution in [1.29, 1.82) is 0 Å². The van der Waals surface area contributed by atoms with E-state index >= 15 is 0 Å². The van der Waals surface area contributed by atoms with Gasteiger partial charge >= 0.3 is 0 Å². The molecule has 0 saturated carbocycles. The van der Waals surface area contributed by atoms with Gasteiger partial charge in [0.05, 0.1) is 0 Å². The second-order valence-electron chi connectivity index (χ2n) is 6.87. The summed E-state index contributed by atoms with van der Waals surface area (Å²) in [6, 6.07) is 9.32. The molecule has 0 spiro atoms. The molecule has 1 aliphatic heterocycles. The topological polar surface area (TPSA) is 79.6 Å². The highest BCUT2D eigenvalue weighted by Crippen LogP contribution is 2.29. The van der Waals surface area contributed by atoms with Crippen LogP contribution in [0.25, 0.3) is 4.96 Å². The zero-order chi connectivity index (χ0) is 19.0. The van der Waals surface area contributed by atoms with E-state index in [-0.39, 0.29) is 17.5 Å². The molecule has 3 aromatic rings. The number of hydrogen-bond acceptors (Lipinski definition) is 6. The lowest BCUT2D eigenvalue weighted by atomic mass is 10.1. The van der Waals surface area contributed by atoms with Gasteiger partial charge in [-0.25, -0.2) is 4.98 Å². The molecule has 0 unspecified atom stereocenters. The molecule has 1 aliphatic rings. The van der Waals surface area contributed by atoms with E-state index < -0.39 is 0 Å². The monoisotopic (exact) mass is 383 g/mol. The van der Waals surface area contributed by atoms with Crippen LogP contribution in [0.5, 0.6) is 0 Å². The van der Waals surface area contributed by atoms with E-state index in [4.69, 9.17) is 0 Å². The van der Waals surface area contributed by atoms with Crippen LogP contribution in [0.3, 0.4) is 0 Å². The normalized spacial score (nSPS) is 16.8. The molecule has 1 atom stereocenters. The minimum Gasteiger partial charge on any atom is -0.350 e. The number of aryl methyl sites for hydroxylation is 2. The van der Waals surface area contributed by atoms with E-state index in [1.165, 1.54) is 27.5 Å². The number of amides is 1. The second-order valence-corrected chi connectivity index (χ2v) is 7.80. The molecule has 1 saturated heterocycles. The molecule has 4 rings (SSSR count). The Hall–Kier alpha value is -2.74. The molecule has 1 amide bonds. The molecule has 27 heavy (non-hydrogen) atoms. The van der Waals surface area contributed by atoms with E-state index in [1.807, 2.05) is 36.1 Å². The van der Waals surface area contributed by atoms with Gasteiger partial charge in [0.2, 0.25) is 16.0 Å². The van der Waals surface area contributed by atoms with Crippen molar-refractivity contribution in [1.82, 2.24) is 19.9 Å². The van der Waals surface area contributed by atoms with Crippen LogP contribution < -0.4 is 15.8 Å². The summed E-state index contributed by atoms with van der Waals surface area (Å²) in [6.45, 7) is 5.08. The number of fused-ring (bicyclic) bond motifs is 1. The van der Waals surface area contributed by atoms with Crippen molar-refractivity contribution in [2.75, 3.05) is 11.4 Å². The largest absolute Gasteiger partial charge is 0.350 e. The molecule has 8 heteroatoms. The SMILES string of the molecule is Cc1ccc(CNC(=O)[C@@H]2CCCN2c2nn3c(=O)cc(C)nc3s2)cc1. The van der Waals surface area contributed by atoms with E-state index in [0.717, 1.165) is 24.9 Å². The lowest BCUT2D eigenvalue weighted by Gasteiger charge is -2.22. The van der Waals surface area contributed by atoms with E-state index in [9.17, 15) is 9.59 Å². The maximum absolute atomic E-state index is 12.7. The number of aromatic nitrogens is 3. The number of rotatable bonds is 4. The smallest absolute Gasteiger partial charge is 0.275 e. The van der Waals surface area contributed by atoms with Gasteiger partial charge in [0.1, 0.15) is 6.04 Å². The highest BCUT2D eigenvalue weighted by Gasteiger charge is 2.33. The quantitative estimate of drug-likeness (QED) is 0.746. The Bertz CT molecular complexity index is 1040. The standard InChI is InChI=1S/C19H21N5O2S/c1-12-5-7-14(8-6-12)11-20-17(26)15-4-3-9-23(15)19-22-24-16(25)10-13(2)21-18(24)27-19/h5-8,10,15H,3-4,9,11H2,1-2H3,(H,20,26)/t15-/m0/s1. The summed E-state index contributed by atoms with van der Waals surface area (Å²) in [5.74, 6) is -0.0104. The number of carbonyl (C=O) groups excluding carboxylic acids is 1. The second kappa shape index (κ2) is 7.11. The summed E-state index contributed by atoms with van der Waals surface area (Å²) >= 11 is 1.35. The minimum atomic E-state index is -0.271. The summed E-state index contributed by atoms with van der Waals surface area (Å²) in [7, 11) is 0. The molecule has 2 aromatic heterocycles. The highest BCUT2D eigenvalue weighted by atomic mass is 32.1. The first-order chi connectivity index (χ1) is 13.0. The molecule has 0 radical (unpaired) electrons. The van der Waals surface area contributed by atoms with Gasteiger partial charge < -0.3 is 10.2 Å². The van der Waals surface area contributed by atoms with Gasteiger partial charge in [-0.1, -0.05) is 41.2 Å². The fourth-order valence-corrected chi connectivity index (χ4v) is 4.34. The van der Waals surface area contributed by atoms with Crippen LogP contribution >= 0.6 is 11.3 Å². The van der Waals surface area contributed by atoms with Gasteiger partial charge in [-0.3, -0.25) is 9.59 Å². The van der Waals surface area contributed by atoms with Crippen LogP contribution in [0.2, 0.25) is 0 Å². The van der Waals surface area contributed by atoms with E-state index in [2.05, 4.69) is 15.4 Å². The van der Waals surface area contributed by atoms with Gasteiger partial charge in [-0.2, -0.15) is 4.52 Å².